The zero-order valence-corrected chi connectivity index (χ0v) is 31.7. The van der Waals surface area contributed by atoms with Crippen LogP contribution in [0.15, 0.2) is 66.7 Å². The number of ether oxygens (including phenoxy) is 4. The molecule has 282 valence electrons. The topological polar surface area (TPSA) is 145 Å². The number of hydrogen-bond acceptors (Lipinski definition) is 10. The van der Waals surface area contributed by atoms with Gasteiger partial charge in [0.15, 0.2) is 0 Å². The van der Waals surface area contributed by atoms with Crippen LogP contribution in [0.1, 0.15) is 53.4 Å². The van der Waals surface area contributed by atoms with Crippen molar-refractivity contribution in [2.75, 3.05) is 31.8 Å². The van der Waals surface area contributed by atoms with Gasteiger partial charge in [-0.25, -0.2) is 14.6 Å². The molecule has 3 heterocycles. The van der Waals surface area contributed by atoms with Crippen molar-refractivity contribution in [3.63, 3.8) is 0 Å². The second kappa shape index (κ2) is 16.1. The Morgan fingerprint density at radius 1 is 1.11 bits per heavy atom. The molecule has 3 amide bonds. The summed E-state index contributed by atoms with van der Waals surface area (Å²) >= 11 is 1.55. The van der Waals surface area contributed by atoms with E-state index in [0.29, 0.717) is 29.1 Å². The summed E-state index contributed by atoms with van der Waals surface area (Å²) in [4.78, 5) is 61.5. The van der Waals surface area contributed by atoms with Crippen LogP contribution in [0, 0.1) is 5.92 Å². The molecule has 2 aromatic carbocycles. The van der Waals surface area contributed by atoms with Gasteiger partial charge >= 0.3 is 12.1 Å². The maximum Gasteiger partial charge on any atom is 0.408 e. The zero-order valence-electron chi connectivity index (χ0n) is 30.9. The molecule has 13 heteroatoms. The van der Waals surface area contributed by atoms with Crippen molar-refractivity contribution in [3.8, 4) is 22.8 Å². The predicted molar refractivity (Wildman–Crippen MR) is 203 cm³/mol. The Hall–Kier alpha value is -4.78. The minimum Gasteiger partial charge on any atom is -0.497 e. The number of carbonyl (C=O) groups is 4. The van der Waals surface area contributed by atoms with Gasteiger partial charge < -0.3 is 34.5 Å². The lowest BCUT2D eigenvalue weighted by atomic mass is 10.1. The number of alkyl carbamates (subject to hydrolysis) is 1. The Kier molecular flexibility index (Phi) is 11.5. The quantitative estimate of drug-likeness (QED) is 0.229. The largest absolute Gasteiger partial charge is 0.497 e. The Morgan fingerprint density at radius 3 is 2.64 bits per heavy atom. The minimum absolute atomic E-state index is 0.0600. The van der Waals surface area contributed by atoms with Gasteiger partial charge in [-0.05, 0) is 64.8 Å². The molecular formula is C40H48N4O8S. The van der Waals surface area contributed by atoms with Crippen molar-refractivity contribution >= 4 is 46.5 Å². The van der Waals surface area contributed by atoms with E-state index in [4.69, 9.17) is 23.9 Å². The molecule has 12 nitrogen and oxygen atoms in total. The smallest absolute Gasteiger partial charge is 0.408 e. The molecule has 1 aromatic heterocycles. The molecule has 3 aromatic rings. The van der Waals surface area contributed by atoms with E-state index in [1.807, 2.05) is 66.7 Å². The monoisotopic (exact) mass is 744 g/mol. The van der Waals surface area contributed by atoms with Crippen molar-refractivity contribution < 1.29 is 38.1 Å². The van der Waals surface area contributed by atoms with Gasteiger partial charge in [-0.2, -0.15) is 11.8 Å². The molecule has 6 rings (SSSR count). The summed E-state index contributed by atoms with van der Waals surface area (Å²) in [5, 5.41) is 6.51. The van der Waals surface area contributed by atoms with E-state index >= 15 is 0 Å². The Balaban J connectivity index is 1.35. The molecule has 0 radical (unpaired) electrons. The SMILES string of the molecule is CCOC(=O)[C@@]12CC1/C=C\CCCSC[C@H](NC(=O)OC(C)(C)C)C(=O)N1C[C@H](Oc3cc(-c4ccccc4)nc4cc(OC)ccc34)C[C@H]1C(=O)N2. The molecule has 2 aliphatic heterocycles. The van der Waals surface area contributed by atoms with Crippen molar-refractivity contribution in [1.29, 1.82) is 0 Å². The van der Waals surface area contributed by atoms with Gasteiger partial charge in [-0.3, -0.25) is 9.59 Å². The van der Waals surface area contributed by atoms with Gasteiger partial charge in [0.2, 0.25) is 11.8 Å². The lowest BCUT2D eigenvalue weighted by molar-refractivity contribution is -0.150. The lowest BCUT2D eigenvalue weighted by Gasteiger charge is -2.30. The molecule has 53 heavy (non-hydrogen) atoms. The number of nitrogens with one attached hydrogen (secondary N) is 2. The van der Waals surface area contributed by atoms with E-state index in [9.17, 15) is 19.2 Å². The Bertz CT molecular complexity index is 1860. The number of benzene rings is 2. The number of rotatable bonds is 7. The molecule has 3 aliphatic rings. The molecule has 2 fully saturated rings. The first-order valence-electron chi connectivity index (χ1n) is 18.1. The fourth-order valence-corrected chi connectivity index (χ4v) is 7.81. The fourth-order valence-electron chi connectivity index (χ4n) is 6.81. The van der Waals surface area contributed by atoms with E-state index < -0.39 is 53.2 Å². The first-order chi connectivity index (χ1) is 25.4. The minimum atomic E-state index is -1.22. The summed E-state index contributed by atoms with van der Waals surface area (Å²) in [6, 6.07) is 15.2. The first-order valence-corrected chi connectivity index (χ1v) is 19.3. The number of hydrogen-bond donors (Lipinski definition) is 2. The first kappa shape index (κ1) is 38.0. The number of allylic oxidation sites excluding steroid dienone is 1. The second-order valence-corrected chi connectivity index (χ2v) is 15.7. The number of thioether (sulfide) groups is 1. The molecule has 1 saturated heterocycles. The van der Waals surface area contributed by atoms with Crippen LogP contribution in [0.5, 0.6) is 11.5 Å². The van der Waals surface area contributed by atoms with E-state index in [1.54, 1.807) is 46.6 Å². The highest BCUT2D eigenvalue weighted by atomic mass is 32.2. The Labute approximate surface area is 314 Å². The fraction of sp³-hybridized carbons (Fsp3) is 0.475. The van der Waals surface area contributed by atoms with Gasteiger partial charge in [0.1, 0.15) is 40.8 Å². The summed E-state index contributed by atoms with van der Waals surface area (Å²) in [5.74, 6) is 0.559. The highest BCUT2D eigenvalue weighted by Gasteiger charge is 2.62. The predicted octanol–water partition coefficient (Wildman–Crippen LogP) is 5.67. The van der Waals surface area contributed by atoms with Crippen LogP contribution < -0.4 is 20.1 Å². The van der Waals surface area contributed by atoms with Crippen LogP contribution >= 0.6 is 11.8 Å². The highest BCUT2D eigenvalue weighted by Crippen LogP contribution is 2.46. The van der Waals surface area contributed by atoms with Crippen molar-refractivity contribution in [3.05, 3.63) is 66.7 Å². The van der Waals surface area contributed by atoms with E-state index in [-0.39, 0.29) is 31.2 Å². The second-order valence-electron chi connectivity index (χ2n) is 14.6. The number of fused-ring (bicyclic) bond motifs is 3. The third-order valence-corrected chi connectivity index (χ3v) is 10.6. The molecule has 0 bridgehead atoms. The number of aromatic nitrogens is 1. The lowest BCUT2D eigenvalue weighted by Crippen LogP contribution is -2.57. The summed E-state index contributed by atoms with van der Waals surface area (Å²) in [7, 11) is 1.59. The summed E-state index contributed by atoms with van der Waals surface area (Å²) in [6.45, 7) is 7.22. The zero-order chi connectivity index (χ0) is 37.8. The van der Waals surface area contributed by atoms with Crippen LogP contribution in [0.25, 0.3) is 22.2 Å². The number of methoxy groups -OCH3 is 1. The normalized spacial score (nSPS) is 25.5. The summed E-state index contributed by atoms with van der Waals surface area (Å²) in [5.41, 5.74) is 0.239. The van der Waals surface area contributed by atoms with E-state index in [2.05, 4.69) is 10.6 Å². The molecular weight excluding hydrogens is 697 g/mol. The maximum absolute atomic E-state index is 14.5. The number of nitrogens with zero attached hydrogens (tertiary/aromatic N) is 2. The van der Waals surface area contributed by atoms with Gasteiger partial charge in [0, 0.05) is 41.2 Å². The molecule has 0 spiro atoms. The van der Waals surface area contributed by atoms with Crippen molar-refractivity contribution in [2.45, 2.75) is 82.7 Å². The third kappa shape index (κ3) is 8.89. The highest BCUT2D eigenvalue weighted by molar-refractivity contribution is 7.99. The standard InChI is InChI=1S/C40H48N4O8S/c1-6-50-37(47)40-22-26(40)15-11-8-12-18-53-24-32(42-38(48)52-39(2,3)4)36(46)44-23-28(20-33(44)35(45)43-40)51-34-21-30(25-13-9-7-10-14-25)41-31-19-27(49-5)16-17-29(31)34/h7,9-11,13-17,19,21,26,28,32-33H,6,8,12,18,20,22-24H2,1-5H3,(H,42,48)(H,43,45)/b15-11-/t26?,28-,32+,33+,40-/m1/s1. The molecule has 1 unspecified atom stereocenters. The molecule has 1 aliphatic carbocycles. The maximum atomic E-state index is 14.5. The third-order valence-electron chi connectivity index (χ3n) is 9.49. The van der Waals surface area contributed by atoms with Crippen LogP contribution in [0.3, 0.4) is 0 Å². The summed E-state index contributed by atoms with van der Waals surface area (Å²) < 4.78 is 23.2. The van der Waals surface area contributed by atoms with Crippen LogP contribution in [0.2, 0.25) is 0 Å². The van der Waals surface area contributed by atoms with Crippen LogP contribution in [-0.4, -0.2) is 94.9 Å². The number of pyridine rings is 1. The van der Waals surface area contributed by atoms with Gasteiger partial charge in [-0.15, -0.1) is 0 Å². The van der Waals surface area contributed by atoms with Crippen LogP contribution in [-0.2, 0) is 23.9 Å². The summed E-state index contributed by atoms with van der Waals surface area (Å²) in [6.07, 6.45) is 4.82. The Morgan fingerprint density at radius 2 is 1.91 bits per heavy atom. The van der Waals surface area contributed by atoms with Crippen molar-refractivity contribution in [1.82, 2.24) is 20.5 Å². The van der Waals surface area contributed by atoms with Gasteiger partial charge in [0.05, 0.1) is 31.5 Å². The molecule has 5 atom stereocenters. The van der Waals surface area contributed by atoms with Crippen molar-refractivity contribution in [2.24, 2.45) is 5.92 Å². The average molecular weight is 745 g/mol. The van der Waals surface area contributed by atoms with E-state index in [0.717, 1.165) is 29.5 Å². The molecule has 1 saturated carbocycles. The number of esters is 1. The van der Waals surface area contributed by atoms with Crippen LogP contribution in [0.4, 0.5) is 4.79 Å². The average Bonchev–Trinajstić information content (AvgIpc) is 3.66. The van der Waals surface area contributed by atoms with Gasteiger partial charge in [-0.1, -0.05) is 42.5 Å². The van der Waals surface area contributed by atoms with E-state index in [1.165, 1.54) is 4.90 Å². The van der Waals surface area contributed by atoms with Gasteiger partial charge in [0.25, 0.3) is 0 Å². The number of carbonyl (C=O) groups excluding carboxylic acids is 4. The number of amides is 3. The molecule has 2 N–H and O–H groups in total.